The van der Waals surface area contributed by atoms with Gasteiger partial charge in [-0.3, -0.25) is 4.79 Å². The fourth-order valence-corrected chi connectivity index (χ4v) is 3.23. The maximum atomic E-state index is 12.1. The van der Waals surface area contributed by atoms with Gasteiger partial charge in [0.15, 0.2) is 0 Å². The van der Waals surface area contributed by atoms with Crippen molar-refractivity contribution >= 4 is 5.91 Å². The van der Waals surface area contributed by atoms with Gasteiger partial charge in [-0.25, -0.2) is 0 Å². The standard InChI is InChI=1S/C15H27NO/c1-6-8-15(4,5)12-10-11(3)13(12)14(17)16-9-7-2/h7,9,11-13H,6,8,10H2,1-5H3,(H,16,17)/b9-7-. The molecular weight excluding hydrogens is 210 g/mol. The van der Waals surface area contributed by atoms with Crippen molar-refractivity contribution < 1.29 is 4.79 Å². The van der Waals surface area contributed by atoms with Gasteiger partial charge in [0.25, 0.3) is 0 Å². The van der Waals surface area contributed by atoms with Crippen LogP contribution in [0.2, 0.25) is 0 Å². The molecule has 0 aliphatic heterocycles. The zero-order chi connectivity index (χ0) is 13.1. The molecule has 0 bridgehead atoms. The number of nitrogens with one attached hydrogen (secondary N) is 1. The Morgan fingerprint density at radius 1 is 1.47 bits per heavy atom. The van der Waals surface area contributed by atoms with E-state index >= 15 is 0 Å². The lowest BCUT2D eigenvalue weighted by Crippen LogP contribution is -2.50. The lowest BCUT2D eigenvalue weighted by Gasteiger charge is -2.50. The molecule has 0 aromatic rings. The maximum Gasteiger partial charge on any atom is 0.227 e. The van der Waals surface area contributed by atoms with Crippen molar-refractivity contribution in [1.29, 1.82) is 0 Å². The molecule has 0 radical (unpaired) electrons. The number of carbonyl (C=O) groups excluding carboxylic acids is 1. The van der Waals surface area contributed by atoms with E-state index in [1.807, 2.05) is 13.0 Å². The lowest BCUT2D eigenvalue weighted by atomic mass is 9.54. The molecule has 0 aromatic carbocycles. The van der Waals surface area contributed by atoms with Gasteiger partial charge in [-0.05, 0) is 43.2 Å². The Hall–Kier alpha value is -0.790. The molecule has 1 fully saturated rings. The number of amides is 1. The fraction of sp³-hybridized carbons (Fsp3) is 0.800. The van der Waals surface area contributed by atoms with Gasteiger partial charge in [-0.2, -0.15) is 0 Å². The number of hydrogen-bond acceptors (Lipinski definition) is 1. The third-order valence-electron chi connectivity index (χ3n) is 4.27. The summed E-state index contributed by atoms with van der Waals surface area (Å²) in [6, 6.07) is 0. The highest BCUT2D eigenvalue weighted by Gasteiger charge is 2.49. The molecule has 1 aliphatic carbocycles. The van der Waals surface area contributed by atoms with Gasteiger partial charge in [0.05, 0.1) is 0 Å². The maximum absolute atomic E-state index is 12.1. The van der Waals surface area contributed by atoms with Crippen LogP contribution < -0.4 is 5.32 Å². The van der Waals surface area contributed by atoms with Gasteiger partial charge < -0.3 is 5.32 Å². The van der Waals surface area contributed by atoms with Crippen molar-refractivity contribution in [3.8, 4) is 0 Å². The van der Waals surface area contributed by atoms with E-state index in [4.69, 9.17) is 0 Å². The monoisotopic (exact) mass is 237 g/mol. The Morgan fingerprint density at radius 2 is 2.12 bits per heavy atom. The summed E-state index contributed by atoms with van der Waals surface area (Å²) in [7, 11) is 0. The number of rotatable bonds is 5. The number of hydrogen-bond donors (Lipinski definition) is 1. The summed E-state index contributed by atoms with van der Waals surface area (Å²) in [6.07, 6.45) is 7.21. The average molecular weight is 237 g/mol. The normalized spacial score (nSPS) is 29.1. The first-order valence-electron chi connectivity index (χ1n) is 6.85. The molecule has 0 spiro atoms. The summed E-state index contributed by atoms with van der Waals surface area (Å²) >= 11 is 0. The topological polar surface area (TPSA) is 29.1 Å². The zero-order valence-electron chi connectivity index (χ0n) is 11.9. The minimum Gasteiger partial charge on any atom is -0.333 e. The average Bonchev–Trinajstić information content (AvgIpc) is 2.22. The largest absolute Gasteiger partial charge is 0.333 e. The van der Waals surface area contributed by atoms with E-state index in [2.05, 4.69) is 33.0 Å². The Balaban J connectivity index is 2.67. The van der Waals surface area contributed by atoms with Gasteiger partial charge in [0, 0.05) is 5.92 Å². The van der Waals surface area contributed by atoms with Crippen LogP contribution in [0.15, 0.2) is 12.3 Å². The molecule has 0 heterocycles. The highest BCUT2D eigenvalue weighted by molar-refractivity contribution is 5.81. The molecular formula is C15H27NO. The highest BCUT2D eigenvalue weighted by atomic mass is 16.1. The second kappa shape index (κ2) is 5.70. The summed E-state index contributed by atoms with van der Waals surface area (Å²) in [5, 5.41) is 2.89. The van der Waals surface area contributed by atoms with E-state index in [0.29, 0.717) is 17.3 Å². The van der Waals surface area contributed by atoms with Crippen LogP contribution in [0.3, 0.4) is 0 Å². The van der Waals surface area contributed by atoms with Crippen LogP contribution in [0.4, 0.5) is 0 Å². The molecule has 0 aromatic heterocycles. The first-order valence-corrected chi connectivity index (χ1v) is 6.85. The predicted molar refractivity (Wildman–Crippen MR) is 72.4 cm³/mol. The molecule has 3 atom stereocenters. The zero-order valence-corrected chi connectivity index (χ0v) is 11.9. The third-order valence-corrected chi connectivity index (χ3v) is 4.27. The molecule has 17 heavy (non-hydrogen) atoms. The van der Waals surface area contributed by atoms with Crippen molar-refractivity contribution in [3.05, 3.63) is 12.3 Å². The van der Waals surface area contributed by atoms with Gasteiger partial charge >= 0.3 is 0 Å². The summed E-state index contributed by atoms with van der Waals surface area (Å²) < 4.78 is 0. The van der Waals surface area contributed by atoms with Crippen molar-refractivity contribution in [1.82, 2.24) is 5.32 Å². The summed E-state index contributed by atoms with van der Waals surface area (Å²) in [6.45, 7) is 11.0. The van der Waals surface area contributed by atoms with Crippen LogP contribution in [0.25, 0.3) is 0 Å². The Kier molecular flexibility index (Phi) is 4.79. The van der Waals surface area contributed by atoms with Crippen LogP contribution in [-0.2, 0) is 4.79 Å². The van der Waals surface area contributed by atoms with Crippen molar-refractivity contribution in [3.63, 3.8) is 0 Å². The molecule has 98 valence electrons. The molecule has 3 unspecified atom stereocenters. The smallest absolute Gasteiger partial charge is 0.227 e. The molecule has 1 saturated carbocycles. The predicted octanol–water partition coefficient (Wildman–Crippen LogP) is 3.73. The fourth-order valence-electron chi connectivity index (χ4n) is 3.23. The van der Waals surface area contributed by atoms with E-state index in [1.165, 1.54) is 19.3 Å². The third kappa shape index (κ3) is 3.11. The quantitative estimate of drug-likeness (QED) is 0.775. The summed E-state index contributed by atoms with van der Waals surface area (Å²) in [4.78, 5) is 12.1. The van der Waals surface area contributed by atoms with E-state index in [1.54, 1.807) is 6.20 Å². The molecule has 0 saturated heterocycles. The van der Waals surface area contributed by atoms with Gasteiger partial charge in [-0.15, -0.1) is 0 Å². The first kappa shape index (κ1) is 14.3. The Morgan fingerprint density at radius 3 is 2.59 bits per heavy atom. The van der Waals surface area contributed by atoms with E-state index in [0.717, 1.165) is 0 Å². The minimum absolute atomic E-state index is 0.202. The number of carbonyl (C=O) groups is 1. The summed E-state index contributed by atoms with van der Waals surface area (Å²) in [5.74, 6) is 1.48. The van der Waals surface area contributed by atoms with Crippen LogP contribution in [0.5, 0.6) is 0 Å². The van der Waals surface area contributed by atoms with Gasteiger partial charge in [0.2, 0.25) is 5.91 Å². The highest BCUT2D eigenvalue weighted by Crippen LogP contribution is 2.51. The van der Waals surface area contributed by atoms with E-state index in [-0.39, 0.29) is 11.8 Å². The lowest BCUT2D eigenvalue weighted by molar-refractivity contribution is -0.138. The molecule has 1 N–H and O–H groups in total. The van der Waals surface area contributed by atoms with Crippen molar-refractivity contribution in [2.45, 2.75) is 53.9 Å². The van der Waals surface area contributed by atoms with Crippen molar-refractivity contribution in [2.75, 3.05) is 0 Å². The summed E-state index contributed by atoms with van der Waals surface area (Å²) in [5.41, 5.74) is 0.291. The number of allylic oxidation sites excluding steroid dienone is 1. The van der Waals surface area contributed by atoms with E-state index in [9.17, 15) is 4.79 Å². The Bertz CT molecular complexity index is 293. The Labute approximate surface area is 106 Å². The van der Waals surface area contributed by atoms with Gasteiger partial charge in [-0.1, -0.05) is 40.2 Å². The van der Waals surface area contributed by atoms with Crippen molar-refractivity contribution in [2.24, 2.45) is 23.2 Å². The van der Waals surface area contributed by atoms with Crippen LogP contribution >= 0.6 is 0 Å². The van der Waals surface area contributed by atoms with Crippen LogP contribution in [0, 0.1) is 23.2 Å². The van der Waals surface area contributed by atoms with Gasteiger partial charge in [0.1, 0.15) is 0 Å². The molecule has 1 aliphatic rings. The second-order valence-corrected chi connectivity index (χ2v) is 6.09. The molecule has 2 heteroatoms. The molecule has 1 amide bonds. The SMILES string of the molecule is C/C=C\NC(=O)C1C(C)CC1C(C)(C)CCC. The van der Waals surface area contributed by atoms with Crippen LogP contribution in [0.1, 0.15) is 53.9 Å². The molecule has 1 rings (SSSR count). The minimum atomic E-state index is 0.202. The second-order valence-electron chi connectivity index (χ2n) is 6.09. The molecule has 2 nitrogen and oxygen atoms in total. The first-order chi connectivity index (χ1) is 7.94. The van der Waals surface area contributed by atoms with Crippen LogP contribution in [-0.4, -0.2) is 5.91 Å². The van der Waals surface area contributed by atoms with E-state index < -0.39 is 0 Å².